The number of rotatable bonds is 5. The summed E-state index contributed by atoms with van der Waals surface area (Å²) in [6.07, 6.45) is 1.44. The number of ether oxygens (including phenoxy) is 1. The molecule has 0 fully saturated rings. The number of nitrogens with one attached hydrogen (secondary N) is 1. The van der Waals surface area contributed by atoms with E-state index in [9.17, 15) is 14.4 Å². The number of carbonyl (C=O) groups excluding carboxylic acids is 2. The van der Waals surface area contributed by atoms with Crippen LogP contribution in [0.4, 0.5) is 5.69 Å². The largest absolute Gasteiger partial charge is 0.484 e. The Morgan fingerprint density at radius 2 is 2.00 bits per heavy atom. The van der Waals surface area contributed by atoms with Crippen LogP contribution in [0.2, 0.25) is 0 Å². The van der Waals surface area contributed by atoms with Gasteiger partial charge in [0.25, 0.3) is 17.4 Å². The lowest BCUT2D eigenvalue weighted by atomic mass is 10.2. The molecule has 0 spiro atoms. The van der Waals surface area contributed by atoms with Gasteiger partial charge in [-0.1, -0.05) is 0 Å². The van der Waals surface area contributed by atoms with Crippen molar-refractivity contribution in [3.8, 4) is 5.75 Å². The topological polar surface area (TPSA) is 116 Å². The number of fused-ring (bicyclic) bond motifs is 1. The standard InChI is InChI=1S/C17H16N4O4S/c1-9-13-16(19-8-21(2)17(13)24)26-14(9)15(23)20-10-3-5-11(6-4-10)25-7-12(18)22/h3-6,8H,7H2,1-2H3,(H2,18,22)(H,20,23). The summed E-state index contributed by atoms with van der Waals surface area (Å²) in [6.45, 7) is 1.52. The first kappa shape index (κ1) is 17.6. The van der Waals surface area contributed by atoms with Gasteiger partial charge in [0, 0.05) is 12.7 Å². The number of thiophene rings is 1. The molecule has 3 aromatic rings. The number of aryl methyl sites for hydroxylation is 2. The molecule has 2 amide bonds. The molecule has 8 nitrogen and oxygen atoms in total. The number of amides is 2. The van der Waals surface area contributed by atoms with Crippen molar-refractivity contribution in [2.24, 2.45) is 12.8 Å². The van der Waals surface area contributed by atoms with E-state index in [2.05, 4.69) is 10.3 Å². The van der Waals surface area contributed by atoms with E-state index in [1.807, 2.05) is 0 Å². The molecule has 2 heterocycles. The molecule has 2 aromatic heterocycles. The Hall–Kier alpha value is -3.20. The zero-order valence-electron chi connectivity index (χ0n) is 14.1. The zero-order chi connectivity index (χ0) is 18.8. The Kier molecular flexibility index (Phi) is 4.72. The van der Waals surface area contributed by atoms with Crippen molar-refractivity contribution in [1.82, 2.24) is 9.55 Å². The van der Waals surface area contributed by atoms with Gasteiger partial charge in [0.1, 0.15) is 10.6 Å². The van der Waals surface area contributed by atoms with Crippen LogP contribution in [0.5, 0.6) is 5.75 Å². The van der Waals surface area contributed by atoms with Gasteiger partial charge in [0.15, 0.2) is 6.61 Å². The second kappa shape index (κ2) is 6.96. The lowest BCUT2D eigenvalue weighted by Gasteiger charge is -2.07. The predicted octanol–water partition coefficient (Wildman–Crippen LogP) is 1.42. The molecular weight excluding hydrogens is 356 g/mol. The summed E-state index contributed by atoms with van der Waals surface area (Å²) in [4.78, 5) is 40.7. The Balaban J connectivity index is 1.81. The third-order valence-electron chi connectivity index (χ3n) is 3.71. The van der Waals surface area contributed by atoms with Crippen LogP contribution in [0, 0.1) is 6.92 Å². The monoisotopic (exact) mass is 372 g/mol. The van der Waals surface area contributed by atoms with E-state index < -0.39 is 5.91 Å². The van der Waals surface area contributed by atoms with Crippen LogP contribution in [0.25, 0.3) is 10.2 Å². The van der Waals surface area contributed by atoms with Crippen LogP contribution in [0.1, 0.15) is 15.2 Å². The SMILES string of the molecule is Cc1c(C(=O)Nc2ccc(OCC(N)=O)cc2)sc2ncn(C)c(=O)c12. The molecule has 3 rings (SSSR count). The van der Waals surface area contributed by atoms with Crippen LogP contribution in [-0.2, 0) is 11.8 Å². The summed E-state index contributed by atoms with van der Waals surface area (Å²) in [5, 5.41) is 3.23. The summed E-state index contributed by atoms with van der Waals surface area (Å²) < 4.78 is 6.55. The van der Waals surface area contributed by atoms with E-state index in [1.165, 1.54) is 22.2 Å². The average molecular weight is 372 g/mol. The minimum atomic E-state index is -0.567. The first-order chi connectivity index (χ1) is 12.4. The Labute approximate surface area is 152 Å². The third kappa shape index (κ3) is 3.42. The number of aromatic nitrogens is 2. The van der Waals surface area contributed by atoms with Crippen molar-refractivity contribution < 1.29 is 14.3 Å². The molecular formula is C17H16N4O4S. The molecule has 134 valence electrons. The van der Waals surface area contributed by atoms with Crippen molar-refractivity contribution in [2.75, 3.05) is 11.9 Å². The molecule has 3 N–H and O–H groups in total. The summed E-state index contributed by atoms with van der Waals surface area (Å²) in [5.41, 5.74) is 6.00. The lowest BCUT2D eigenvalue weighted by molar-refractivity contribution is -0.119. The molecule has 0 aliphatic rings. The van der Waals surface area contributed by atoms with Crippen molar-refractivity contribution in [3.63, 3.8) is 0 Å². The maximum Gasteiger partial charge on any atom is 0.266 e. The van der Waals surface area contributed by atoms with E-state index in [0.717, 1.165) is 0 Å². The van der Waals surface area contributed by atoms with E-state index in [1.54, 1.807) is 38.2 Å². The fourth-order valence-electron chi connectivity index (χ4n) is 2.40. The van der Waals surface area contributed by atoms with Crippen molar-refractivity contribution in [1.29, 1.82) is 0 Å². The highest BCUT2D eigenvalue weighted by molar-refractivity contribution is 7.20. The van der Waals surface area contributed by atoms with Gasteiger partial charge in [-0.3, -0.25) is 14.4 Å². The van der Waals surface area contributed by atoms with Gasteiger partial charge in [-0.25, -0.2) is 4.98 Å². The lowest BCUT2D eigenvalue weighted by Crippen LogP contribution is -2.20. The van der Waals surface area contributed by atoms with Crippen LogP contribution < -0.4 is 21.3 Å². The van der Waals surface area contributed by atoms with Crippen molar-refractivity contribution >= 4 is 39.1 Å². The molecule has 9 heteroatoms. The fourth-order valence-corrected chi connectivity index (χ4v) is 3.44. The summed E-state index contributed by atoms with van der Waals surface area (Å²) in [7, 11) is 1.62. The number of anilines is 1. The van der Waals surface area contributed by atoms with Gasteiger partial charge in [0.05, 0.1) is 16.6 Å². The normalized spacial score (nSPS) is 10.7. The molecule has 0 unspecified atom stereocenters. The van der Waals surface area contributed by atoms with Crippen LogP contribution >= 0.6 is 11.3 Å². The Bertz CT molecular complexity index is 1050. The number of nitrogens with two attached hydrogens (primary N) is 1. The first-order valence-corrected chi connectivity index (χ1v) is 8.45. The Morgan fingerprint density at radius 3 is 2.65 bits per heavy atom. The highest BCUT2D eigenvalue weighted by atomic mass is 32.1. The molecule has 0 saturated carbocycles. The van der Waals surface area contributed by atoms with Gasteiger partial charge in [-0.15, -0.1) is 11.3 Å². The predicted molar refractivity (Wildman–Crippen MR) is 98.7 cm³/mol. The molecule has 1 aromatic carbocycles. The number of benzene rings is 1. The van der Waals surface area contributed by atoms with Crippen LogP contribution in [0.15, 0.2) is 35.4 Å². The Morgan fingerprint density at radius 1 is 1.31 bits per heavy atom. The quantitative estimate of drug-likeness (QED) is 0.703. The number of hydrogen-bond acceptors (Lipinski definition) is 6. The minimum absolute atomic E-state index is 0.182. The fraction of sp³-hybridized carbons (Fsp3) is 0.176. The third-order valence-corrected chi connectivity index (χ3v) is 4.91. The van der Waals surface area contributed by atoms with Gasteiger partial charge in [-0.05, 0) is 36.8 Å². The number of hydrogen-bond donors (Lipinski definition) is 2. The molecule has 0 aliphatic carbocycles. The molecule has 0 bridgehead atoms. The van der Waals surface area contributed by atoms with Crippen LogP contribution in [-0.4, -0.2) is 28.0 Å². The highest BCUT2D eigenvalue weighted by Gasteiger charge is 2.19. The van der Waals surface area contributed by atoms with Gasteiger partial charge >= 0.3 is 0 Å². The van der Waals surface area contributed by atoms with E-state index in [0.29, 0.717) is 32.1 Å². The second-order valence-corrected chi connectivity index (χ2v) is 6.63. The summed E-state index contributed by atoms with van der Waals surface area (Å²) in [5.74, 6) is -0.423. The van der Waals surface area contributed by atoms with Crippen molar-refractivity contribution in [3.05, 3.63) is 51.4 Å². The molecule has 0 aliphatic heterocycles. The zero-order valence-corrected chi connectivity index (χ0v) is 14.9. The first-order valence-electron chi connectivity index (χ1n) is 7.64. The van der Waals surface area contributed by atoms with Gasteiger partial charge < -0.3 is 20.4 Å². The molecule has 26 heavy (non-hydrogen) atoms. The number of carbonyl (C=O) groups is 2. The number of primary amides is 1. The average Bonchev–Trinajstić information content (AvgIpc) is 2.95. The van der Waals surface area contributed by atoms with E-state index in [-0.39, 0.29) is 18.1 Å². The van der Waals surface area contributed by atoms with E-state index in [4.69, 9.17) is 10.5 Å². The number of nitrogens with zero attached hydrogens (tertiary/aromatic N) is 2. The molecule has 0 saturated heterocycles. The van der Waals surface area contributed by atoms with E-state index >= 15 is 0 Å². The minimum Gasteiger partial charge on any atom is -0.484 e. The molecule has 0 atom stereocenters. The van der Waals surface area contributed by atoms with Gasteiger partial charge in [0.2, 0.25) is 0 Å². The van der Waals surface area contributed by atoms with Crippen molar-refractivity contribution in [2.45, 2.75) is 6.92 Å². The molecule has 0 radical (unpaired) electrons. The van der Waals surface area contributed by atoms with Crippen LogP contribution in [0.3, 0.4) is 0 Å². The smallest absolute Gasteiger partial charge is 0.266 e. The summed E-state index contributed by atoms with van der Waals surface area (Å²) >= 11 is 1.18. The summed E-state index contributed by atoms with van der Waals surface area (Å²) in [6, 6.07) is 6.53. The highest BCUT2D eigenvalue weighted by Crippen LogP contribution is 2.27. The van der Waals surface area contributed by atoms with Gasteiger partial charge in [-0.2, -0.15) is 0 Å². The second-order valence-electron chi connectivity index (χ2n) is 5.63. The maximum atomic E-state index is 12.6. The maximum absolute atomic E-state index is 12.6.